The molecule has 0 unspecified atom stereocenters. The number of rotatable bonds is 4. The Bertz CT molecular complexity index is 1120. The van der Waals surface area contributed by atoms with Gasteiger partial charge in [-0.25, -0.2) is 4.98 Å². The van der Waals surface area contributed by atoms with Gasteiger partial charge in [0.1, 0.15) is 5.82 Å². The van der Waals surface area contributed by atoms with E-state index in [1.165, 1.54) is 0 Å². The molecule has 2 heterocycles. The normalized spacial score (nSPS) is 10.9. The minimum absolute atomic E-state index is 0.414. The summed E-state index contributed by atoms with van der Waals surface area (Å²) in [5, 5.41) is 0. The summed E-state index contributed by atoms with van der Waals surface area (Å²) >= 11 is 0. The molecule has 0 spiro atoms. The van der Waals surface area contributed by atoms with Gasteiger partial charge in [0.15, 0.2) is 0 Å². The summed E-state index contributed by atoms with van der Waals surface area (Å²) in [5.41, 5.74) is 11.2. The first-order chi connectivity index (χ1) is 13.0. The smallest absolute Gasteiger partial charge is 0.248 e. The molecule has 134 valence electrons. The maximum Gasteiger partial charge on any atom is 0.248 e. The van der Waals surface area contributed by atoms with Gasteiger partial charge >= 0.3 is 0 Å². The molecule has 2 N–H and O–H groups in total. The van der Waals surface area contributed by atoms with Crippen molar-refractivity contribution in [3.8, 4) is 22.6 Å². The maximum absolute atomic E-state index is 11.4. The third-order valence-corrected chi connectivity index (χ3v) is 4.76. The van der Waals surface area contributed by atoms with Crippen molar-refractivity contribution in [2.45, 2.75) is 13.8 Å². The molecule has 5 heteroatoms. The highest BCUT2D eigenvalue weighted by Crippen LogP contribution is 2.27. The number of hydrogen-bond donors (Lipinski definition) is 1. The standard InChI is InChI=1S/C22H20N4O/c1-15-14-18(22(23)27)7-10-20(15)26-12-3-4-21(26)17-5-8-19(9-6-17)25-13-11-24-16(25)2/h3-14H,1-2H3,(H2,23,27). The molecule has 0 bridgehead atoms. The molecular formula is C22H20N4O. The average Bonchev–Trinajstić information content (AvgIpc) is 3.31. The second-order valence-corrected chi connectivity index (χ2v) is 6.52. The number of nitrogens with zero attached hydrogens (tertiary/aromatic N) is 3. The van der Waals surface area contributed by atoms with E-state index in [9.17, 15) is 4.79 Å². The molecule has 27 heavy (non-hydrogen) atoms. The molecule has 0 aliphatic carbocycles. The van der Waals surface area contributed by atoms with Crippen molar-refractivity contribution < 1.29 is 4.79 Å². The minimum atomic E-state index is -0.414. The van der Waals surface area contributed by atoms with Crippen molar-refractivity contribution >= 4 is 5.91 Å². The number of carbonyl (C=O) groups excluding carboxylic acids is 1. The monoisotopic (exact) mass is 356 g/mol. The molecule has 0 radical (unpaired) electrons. The van der Waals surface area contributed by atoms with E-state index in [4.69, 9.17) is 5.73 Å². The highest BCUT2D eigenvalue weighted by atomic mass is 16.1. The van der Waals surface area contributed by atoms with Crippen LogP contribution in [0.4, 0.5) is 0 Å². The molecule has 0 fully saturated rings. The van der Waals surface area contributed by atoms with Gasteiger partial charge in [0.05, 0.1) is 5.69 Å². The van der Waals surface area contributed by atoms with E-state index in [2.05, 4.69) is 44.5 Å². The number of aryl methyl sites for hydroxylation is 2. The van der Waals surface area contributed by atoms with Gasteiger partial charge in [0, 0.05) is 35.5 Å². The van der Waals surface area contributed by atoms with Crippen LogP contribution in [-0.2, 0) is 0 Å². The Kier molecular flexibility index (Phi) is 4.12. The summed E-state index contributed by atoms with van der Waals surface area (Å²) in [7, 11) is 0. The molecule has 0 aliphatic rings. The molecule has 0 aliphatic heterocycles. The fraction of sp³-hybridized carbons (Fsp3) is 0.0909. The molecule has 0 atom stereocenters. The van der Waals surface area contributed by atoms with Crippen molar-refractivity contribution in [3.63, 3.8) is 0 Å². The van der Waals surface area contributed by atoms with Gasteiger partial charge in [-0.15, -0.1) is 0 Å². The number of imidazole rings is 1. The molecule has 4 aromatic rings. The zero-order chi connectivity index (χ0) is 19.0. The quantitative estimate of drug-likeness (QED) is 0.599. The number of amides is 1. The van der Waals surface area contributed by atoms with Gasteiger partial charge in [-0.05, 0) is 67.4 Å². The Labute approximate surface area is 157 Å². The van der Waals surface area contributed by atoms with Crippen LogP contribution in [0.3, 0.4) is 0 Å². The van der Waals surface area contributed by atoms with E-state index in [1.54, 1.807) is 12.3 Å². The summed E-state index contributed by atoms with van der Waals surface area (Å²) in [4.78, 5) is 15.7. The fourth-order valence-corrected chi connectivity index (χ4v) is 3.35. The summed E-state index contributed by atoms with van der Waals surface area (Å²) in [6.45, 7) is 3.97. The van der Waals surface area contributed by atoms with E-state index in [-0.39, 0.29) is 0 Å². The lowest BCUT2D eigenvalue weighted by Gasteiger charge is -2.14. The molecule has 2 aromatic carbocycles. The lowest BCUT2D eigenvalue weighted by Crippen LogP contribution is -2.11. The summed E-state index contributed by atoms with van der Waals surface area (Å²) in [6, 6.07) is 18.0. The second-order valence-electron chi connectivity index (χ2n) is 6.52. The zero-order valence-corrected chi connectivity index (χ0v) is 15.3. The zero-order valence-electron chi connectivity index (χ0n) is 15.3. The number of benzene rings is 2. The van der Waals surface area contributed by atoms with E-state index < -0.39 is 5.91 Å². The lowest BCUT2D eigenvalue weighted by molar-refractivity contribution is 0.1000. The van der Waals surface area contributed by atoms with Crippen LogP contribution in [0.1, 0.15) is 21.7 Å². The first-order valence-corrected chi connectivity index (χ1v) is 8.73. The Morgan fingerprint density at radius 3 is 2.37 bits per heavy atom. The molecular weight excluding hydrogens is 336 g/mol. The van der Waals surface area contributed by atoms with Crippen molar-refractivity contribution in [2.75, 3.05) is 0 Å². The largest absolute Gasteiger partial charge is 0.366 e. The van der Waals surface area contributed by atoms with Crippen LogP contribution >= 0.6 is 0 Å². The summed E-state index contributed by atoms with van der Waals surface area (Å²) in [6.07, 6.45) is 5.78. The van der Waals surface area contributed by atoms with Crippen molar-refractivity contribution in [1.82, 2.24) is 14.1 Å². The van der Waals surface area contributed by atoms with Crippen LogP contribution in [-0.4, -0.2) is 20.0 Å². The Morgan fingerprint density at radius 1 is 0.963 bits per heavy atom. The number of aromatic nitrogens is 3. The fourth-order valence-electron chi connectivity index (χ4n) is 3.35. The maximum atomic E-state index is 11.4. The van der Waals surface area contributed by atoms with E-state index >= 15 is 0 Å². The average molecular weight is 356 g/mol. The molecule has 0 saturated heterocycles. The minimum Gasteiger partial charge on any atom is -0.366 e. The van der Waals surface area contributed by atoms with Crippen molar-refractivity contribution in [2.24, 2.45) is 5.73 Å². The SMILES string of the molecule is Cc1cc(C(N)=O)ccc1-n1cccc1-c1ccc(-n2ccnc2C)cc1. The van der Waals surface area contributed by atoms with Gasteiger partial charge in [0.2, 0.25) is 5.91 Å². The van der Waals surface area contributed by atoms with Gasteiger partial charge in [-0.1, -0.05) is 12.1 Å². The molecule has 0 saturated carbocycles. The molecule has 2 aromatic heterocycles. The Hall–Kier alpha value is -3.60. The predicted octanol–water partition coefficient (Wildman–Crippen LogP) is 4.05. The van der Waals surface area contributed by atoms with Gasteiger partial charge in [-0.3, -0.25) is 4.79 Å². The van der Waals surface area contributed by atoms with E-state index in [0.717, 1.165) is 34.0 Å². The first-order valence-electron chi connectivity index (χ1n) is 8.73. The summed E-state index contributed by atoms with van der Waals surface area (Å²) in [5.74, 6) is 0.541. The van der Waals surface area contributed by atoms with Gasteiger partial charge < -0.3 is 14.9 Å². The number of hydrogen-bond acceptors (Lipinski definition) is 2. The third kappa shape index (κ3) is 3.04. The topological polar surface area (TPSA) is 65.8 Å². The van der Waals surface area contributed by atoms with Crippen molar-refractivity contribution in [3.05, 3.63) is 90.1 Å². The first kappa shape index (κ1) is 16.8. The van der Waals surface area contributed by atoms with Crippen LogP contribution < -0.4 is 5.73 Å². The molecule has 5 nitrogen and oxygen atoms in total. The van der Waals surface area contributed by atoms with Gasteiger partial charge in [0.25, 0.3) is 0 Å². The lowest BCUT2D eigenvalue weighted by atomic mass is 10.1. The van der Waals surface area contributed by atoms with Crippen molar-refractivity contribution in [1.29, 1.82) is 0 Å². The Balaban J connectivity index is 1.72. The van der Waals surface area contributed by atoms with E-state index in [0.29, 0.717) is 5.56 Å². The molecule has 1 amide bonds. The Morgan fingerprint density at radius 2 is 1.74 bits per heavy atom. The highest BCUT2D eigenvalue weighted by Gasteiger charge is 2.10. The number of nitrogens with two attached hydrogens (primary N) is 1. The van der Waals surface area contributed by atoms with Gasteiger partial charge in [-0.2, -0.15) is 0 Å². The van der Waals surface area contributed by atoms with Crippen LogP contribution in [0.15, 0.2) is 73.2 Å². The van der Waals surface area contributed by atoms with Crippen LogP contribution in [0, 0.1) is 13.8 Å². The molecule has 4 rings (SSSR count). The number of primary amides is 1. The third-order valence-electron chi connectivity index (χ3n) is 4.76. The van der Waals surface area contributed by atoms with Crippen LogP contribution in [0.5, 0.6) is 0 Å². The van der Waals surface area contributed by atoms with Crippen LogP contribution in [0.25, 0.3) is 22.6 Å². The number of carbonyl (C=O) groups is 1. The highest BCUT2D eigenvalue weighted by molar-refractivity contribution is 5.93. The van der Waals surface area contributed by atoms with Crippen LogP contribution in [0.2, 0.25) is 0 Å². The second kappa shape index (κ2) is 6.61. The predicted molar refractivity (Wildman–Crippen MR) is 106 cm³/mol. The summed E-state index contributed by atoms with van der Waals surface area (Å²) < 4.78 is 4.17. The van der Waals surface area contributed by atoms with E-state index in [1.807, 2.05) is 44.4 Å².